The third-order valence-corrected chi connectivity index (χ3v) is 2.93. The number of benzene rings is 1. The van der Waals surface area contributed by atoms with Crippen molar-refractivity contribution < 1.29 is 13.6 Å². The van der Waals surface area contributed by atoms with Gasteiger partial charge in [0.1, 0.15) is 17.2 Å². The van der Waals surface area contributed by atoms with Crippen LogP contribution in [0.1, 0.15) is 6.92 Å². The highest BCUT2D eigenvalue weighted by Crippen LogP contribution is 2.31. The molecular weight excluding hydrogens is 259 g/mol. The second-order valence-electron chi connectivity index (χ2n) is 4.38. The Morgan fingerprint density at radius 1 is 1.30 bits per heavy atom. The Hall–Kier alpha value is -2.69. The molecule has 0 atom stereocenters. The molecule has 20 heavy (non-hydrogen) atoms. The van der Waals surface area contributed by atoms with Crippen LogP contribution in [0.25, 0.3) is 22.1 Å². The molecule has 0 saturated heterocycles. The number of anilines is 1. The quantitative estimate of drug-likeness (QED) is 0.774. The van der Waals surface area contributed by atoms with Crippen molar-refractivity contribution in [2.24, 2.45) is 0 Å². The summed E-state index contributed by atoms with van der Waals surface area (Å²) >= 11 is 0. The molecular formula is C15H11FN2O2. The van der Waals surface area contributed by atoms with Gasteiger partial charge in [-0.3, -0.25) is 4.79 Å². The average molecular weight is 270 g/mol. The van der Waals surface area contributed by atoms with Gasteiger partial charge in [0.2, 0.25) is 5.91 Å². The molecule has 0 aliphatic heterocycles. The van der Waals surface area contributed by atoms with Crippen LogP contribution in [0.2, 0.25) is 0 Å². The molecule has 0 aliphatic rings. The standard InChI is InChI=1S/C15H11FN2O2/c1-9(19)18-14-7-12(13(16)8-17-14)11-4-2-3-10-5-6-20-15(10)11/h2-8H,1H3,(H,17,18,19). The number of hydrogen-bond donors (Lipinski definition) is 1. The van der Waals surface area contributed by atoms with Crippen molar-refractivity contribution in [2.75, 3.05) is 5.32 Å². The number of pyridine rings is 1. The second-order valence-corrected chi connectivity index (χ2v) is 4.38. The Labute approximate surface area is 114 Å². The van der Waals surface area contributed by atoms with Crippen molar-refractivity contribution in [2.45, 2.75) is 6.92 Å². The van der Waals surface area contributed by atoms with E-state index < -0.39 is 5.82 Å². The SMILES string of the molecule is CC(=O)Nc1cc(-c2cccc3ccoc23)c(F)cn1. The van der Waals surface area contributed by atoms with Crippen molar-refractivity contribution in [3.05, 3.63) is 48.6 Å². The molecule has 1 amide bonds. The van der Waals surface area contributed by atoms with Crippen LogP contribution in [0.4, 0.5) is 10.2 Å². The summed E-state index contributed by atoms with van der Waals surface area (Å²) in [5, 5.41) is 3.43. The molecule has 4 nitrogen and oxygen atoms in total. The van der Waals surface area contributed by atoms with Crippen molar-refractivity contribution >= 4 is 22.7 Å². The molecule has 1 aromatic carbocycles. The van der Waals surface area contributed by atoms with Crippen LogP contribution >= 0.6 is 0 Å². The van der Waals surface area contributed by atoms with E-state index in [1.54, 1.807) is 12.3 Å². The number of nitrogens with one attached hydrogen (secondary N) is 1. The molecule has 3 aromatic rings. The van der Waals surface area contributed by atoms with Crippen LogP contribution in [0.3, 0.4) is 0 Å². The normalized spacial score (nSPS) is 10.7. The first kappa shape index (κ1) is 12.3. The van der Waals surface area contributed by atoms with E-state index in [0.29, 0.717) is 22.5 Å². The molecule has 0 saturated carbocycles. The van der Waals surface area contributed by atoms with Gasteiger partial charge in [-0.2, -0.15) is 0 Å². The minimum atomic E-state index is -0.469. The van der Waals surface area contributed by atoms with Crippen LogP contribution in [-0.2, 0) is 4.79 Å². The van der Waals surface area contributed by atoms with Crippen LogP contribution in [0, 0.1) is 5.82 Å². The minimum Gasteiger partial charge on any atom is -0.464 e. The molecule has 2 aromatic heterocycles. The molecule has 2 heterocycles. The Kier molecular flexibility index (Phi) is 2.95. The molecule has 3 rings (SSSR count). The molecule has 0 spiro atoms. The zero-order valence-corrected chi connectivity index (χ0v) is 10.7. The summed E-state index contributed by atoms with van der Waals surface area (Å²) in [7, 11) is 0. The van der Waals surface area contributed by atoms with Gasteiger partial charge in [0.05, 0.1) is 12.5 Å². The maximum absolute atomic E-state index is 14.0. The van der Waals surface area contributed by atoms with Crippen LogP contribution in [0.15, 0.2) is 47.2 Å². The molecule has 0 bridgehead atoms. The van der Waals surface area contributed by atoms with E-state index in [2.05, 4.69) is 10.3 Å². The Morgan fingerprint density at radius 3 is 2.95 bits per heavy atom. The number of rotatable bonds is 2. The van der Waals surface area contributed by atoms with Gasteiger partial charge in [-0.25, -0.2) is 9.37 Å². The van der Waals surface area contributed by atoms with Crippen LogP contribution in [0.5, 0.6) is 0 Å². The van der Waals surface area contributed by atoms with E-state index >= 15 is 0 Å². The van der Waals surface area contributed by atoms with E-state index in [1.807, 2.05) is 18.2 Å². The zero-order valence-electron chi connectivity index (χ0n) is 10.7. The lowest BCUT2D eigenvalue weighted by Gasteiger charge is -2.07. The minimum absolute atomic E-state index is 0.258. The Morgan fingerprint density at radius 2 is 2.15 bits per heavy atom. The number of carbonyl (C=O) groups excluding carboxylic acids is 1. The van der Waals surface area contributed by atoms with Gasteiger partial charge in [0.15, 0.2) is 0 Å². The third-order valence-electron chi connectivity index (χ3n) is 2.93. The molecule has 0 fully saturated rings. The fourth-order valence-corrected chi connectivity index (χ4v) is 2.10. The number of carbonyl (C=O) groups is 1. The van der Waals surface area contributed by atoms with Crippen LogP contribution < -0.4 is 5.32 Å². The number of nitrogens with zero attached hydrogens (tertiary/aromatic N) is 1. The second kappa shape index (κ2) is 4.77. The van der Waals surface area contributed by atoms with E-state index in [0.717, 1.165) is 11.6 Å². The lowest BCUT2D eigenvalue weighted by Crippen LogP contribution is -2.07. The number of hydrogen-bond acceptors (Lipinski definition) is 3. The lowest BCUT2D eigenvalue weighted by atomic mass is 10.0. The predicted octanol–water partition coefficient (Wildman–Crippen LogP) is 3.59. The maximum atomic E-state index is 14.0. The van der Waals surface area contributed by atoms with E-state index in [-0.39, 0.29) is 5.91 Å². The molecule has 0 aliphatic carbocycles. The highest BCUT2D eigenvalue weighted by molar-refractivity contribution is 5.94. The number of aromatic nitrogens is 1. The first-order valence-corrected chi connectivity index (χ1v) is 6.05. The smallest absolute Gasteiger partial charge is 0.222 e. The van der Waals surface area contributed by atoms with Crippen molar-refractivity contribution in [3.8, 4) is 11.1 Å². The molecule has 5 heteroatoms. The fourth-order valence-electron chi connectivity index (χ4n) is 2.10. The lowest BCUT2D eigenvalue weighted by molar-refractivity contribution is -0.114. The van der Waals surface area contributed by atoms with Gasteiger partial charge in [-0.15, -0.1) is 0 Å². The van der Waals surface area contributed by atoms with Gasteiger partial charge < -0.3 is 9.73 Å². The number of furan rings is 1. The molecule has 0 unspecified atom stereocenters. The summed E-state index contributed by atoms with van der Waals surface area (Å²) < 4.78 is 19.4. The van der Waals surface area contributed by atoms with Crippen LogP contribution in [-0.4, -0.2) is 10.9 Å². The monoisotopic (exact) mass is 270 g/mol. The van der Waals surface area contributed by atoms with Crippen molar-refractivity contribution in [1.29, 1.82) is 0 Å². The first-order valence-electron chi connectivity index (χ1n) is 6.05. The Bertz CT molecular complexity index is 795. The maximum Gasteiger partial charge on any atom is 0.222 e. The largest absolute Gasteiger partial charge is 0.464 e. The van der Waals surface area contributed by atoms with Crippen molar-refractivity contribution in [1.82, 2.24) is 4.98 Å². The third kappa shape index (κ3) is 2.14. The highest BCUT2D eigenvalue weighted by atomic mass is 19.1. The summed E-state index contributed by atoms with van der Waals surface area (Å²) in [5.41, 5.74) is 1.56. The first-order chi connectivity index (χ1) is 9.65. The van der Waals surface area contributed by atoms with E-state index in [4.69, 9.17) is 4.42 Å². The average Bonchev–Trinajstić information content (AvgIpc) is 2.88. The summed E-state index contributed by atoms with van der Waals surface area (Å²) in [4.78, 5) is 14.9. The van der Waals surface area contributed by atoms with E-state index in [1.165, 1.54) is 13.0 Å². The van der Waals surface area contributed by atoms with Gasteiger partial charge in [-0.1, -0.05) is 18.2 Å². The number of para-hydroxylation sites is 1. The Balaban J connectivity index is 2.18. The topological polar surface area (TPSA) is 55.1 Å². The molecule has 0 radical (unpaired) electrons. The molecule has 1 N–H and O–H groups in total. The summed E-state index contributed by atoms with van der Waals surface area (Å²) in [6.07, 6.45) is 2.64. The van der Waals surface area contributed by atoms with Gasteiger partial charge in [-0.05, 0) is 12.1 Å². The van der Waals surface area contributed by atoms with E-state index in [9.17, 15) is 9.18 Å². The summed E-state index contributed by atoms with van der Waals surface area (Å²) in [6, 6.07) is 8.78. The van der Waals surface area contributed by atoms with Gasteiger partial charge in [0.25, 0.3) is 0 Å². The number of fused-ring (bicyclic) bond motifs is 1. The number of amides is 1. The van der Waals surface area contributed by atoms with Gasteiger partial charge in [0, 0.05) is 23.4 Å². The highest BCUT2D eigenvalue weighted by Gasteiger charge is 2.13. The van der Waals surface area contributed by atoms with Gasteiger partial charge >= 0.3 is 0 Å². The van der Waals surface area contributed by atoms with Crippen molar-refractivity contribution in [3.63, 3.8) is 0 Å². The number of halogens is 1. The summed E-state index contributed by atoms with van der Waals surface area (Å²) in [5.74, 6) is -0.424. The molecule has 100 valence electrons. The summed E-state index contributed by atoms with van der Waals surface area (Å²) in [6.45, 7) is 1.37. The fraction of sp³-hybridized carbons (Fsp3) is 0.0667. The zero-order chi connectivity index (χ0) is 14.1. The predicted molar refractivity (Wildman–Crippen MR) is 73.7 cm³/mol.